The molecule has 5 rings (SSSR count). The Bertz CT molecular complexity index is 2710. The molecule has 0 aromatic heterocycles. The van der Waals surface area contributed by atoms with E-state index in [2.05, 4.69) is 30.7 Å². The third-order valence-corrected chi connectivity index (χ3v) is 9.00. The summed E-state index contributed by atoms with van der Waals surface area (Å²) in [6.07, 6.45) is 0.0208. The first kappa shape index (κ1) is 45.3. The van der Waals surface area contributed by atoms with Gasteiger partial charge in [0, 0.05) is 0 Å². The van der Waals surface area contributed by atoms with E-state index >= 15 is 0 Å². The Balaban J connectivity index is 0.00000435. The number of carboxylic acids is 2. The Labute approximate surface area is 342 Å². The molecule has 20 nitrogen and oxygen atoms in total. The fraction of sp³-hybridized carbons (Fsp3) is 0.0303. The van der Waals surface area contributed by atoms with Crippen LogP contribution in [0.2, 0.25) is 0 Å². The molecular formula is C33H20Cu2N6O14S2. The Morgan fingerprint density at radius 1 is 0.491 bits per heavy atom. The minimum atomic E-state index is -5.12. The zero-order valence-corrected chi connectivity index (χ0v) is 31.3. The topological polar surface area (TPSA) is 350 Å². The fourth-order valence-electron chi connectivity index (χ4n) is 4.68. The van der Waals surface area contributed by atoms with Crippen molar-refractivity contribution in [2.45, 2.75) is 16.2 Å². The number of aromatic carboxylic acids is 2. The van der Waals surface area contributed by atoms with E-state index in [-0.39, 0.29) is 68.7 Å². The molecule has 4 N–H and O–H groups in total. The molecule has 5 aromatic rings. The van der Waals surface area contributed by atoms with Crippen LogP contribution in [0.5, 0.6) is 23.0 Å². The molecule has 0 spiro atoms. The van der Waals surface area contributed by atoms with Gasteiger partial charge in [-0.15, -0.1) is 21.1 Å². The molecule has 300 valence electrons. The van der Waals surface area contributed by atoms with E-state index in [0.717, 1.165) is 36.4 Å². The van der Waals surface area contributed by atoms with Crippen LogP contribution in [0.3, 0.4) is 0 Å². The SMILES string of the molecule is O=C(O)c1cc(Cc2ccc(N=Nc3cc(N=Nc4ccc(S(=O)(=O)O)cc4S(=O)(=O)O)c([O-])cc3[O-])c(C(=O)O)c2)ccc1N=Nc1ccc([O-])cc1[O-].[Cu+2].[Cu+2]. The van der Waals surface area contributed by atoms with Gasteiger partial charge in [0.15, 0.2) is 0 Å². The van der Waals surface area contributed by atoms with Crippen molar-refractivity contribution in [2.75, 3.05) is 0 Å². The van der Waals surface area contributed by atoms with Gasteiger partial charge in [-0.3, -0.25) is 9.11 Å². The van der Waals surface area contributed by atoms with Crippen molar-refractivity contribution in [3.8, 4) is 23.0 Å². The Morgan fingerprint density at radius 3 is 1.37 bits per heavy atom. The molecule has 5 aromatic carbocycles. The van der Waals surface area contributed by atoms with Crippen LogP contribution < -0.4 is 20.4 Å². The predicted molar refractivity (Wildman–Crippen MR) is 179 cm³/mol. The molecular weight excluding hydrogens is 896 g/mol. The molecule has 0 bridgehead atoms. The average molecular weight is 916 g/mol. The van der Waals surface area contributed by atoms with Crippen LogP contribution in [-0.2, 0) is 60.8 Å². The summed E-state index contributed by atoms with van der Waals surface area (Å²) >= 11 is 0. The molecule has 0 aliphatic carbocycles. The van der Waals surface area contributed by atoms with Crippen molar-refractivity contribution in [3.05, 3.63) is 107 Å². The van der Waals surface area contributed by atoms with Crippen molar-refractivity contribution >= 4 is 66.3 Å². The molecule has 0 fully saturated rings. The molecule has 0 amide bonds. The smallest absolute Gasteiger partial charge is 0.872 e. The zero-order chi connectivity index (χ0) is 40.2. The van der Waals surface area contributed by atoms with Gasteiger partial charge in [0.2, 0.25) is 0 Å². The van der Waals surface area contributed by atoms with Crippen LogP contribution in [0.4, 0.5) is 34.1 Å². The number of nitrogens with zero attached hydrogens (tertiary/aromatic N) is 6. The minimum absolute atomic E-state index is 0. The largest absolute Gasteiger partial charge is 2.00 e. The van der Waals surface area contributed by atoms with Crippen molar-refractivity contribution in [2.24, 2.45) is 30.7 Å². The van der Waals surface area contributed by atoms with Gasteiger partial charge in [-0.25, -0.2) is 9.59 Å². The van der Waals surface area contributed by atoms with Gasteiger partial charge in [0.25, 0.3) is 20.2 Å². The van der Waals surface area contributed by atoms with Gasteiger partial charge in [-0.05, 0) is 72.1 Å². The maximum Gasteiger partial charge on any atom is 2.00 e. The molecule has 0 atom stereocenters. The summed E-state index contributed by atoms with van der Waals surface area (Å²) in [7, 11) is -10.0. The molecule has 0 saturated carbocycles. The van der Waals surface area contributed by atoms with Gasteiger partial charge in [-0.1, -0.05) is 47.6 Å². The second-order valence-electron chi connectivity index (χ2n) is 11.1. The summed E-state index contributed by atoms with van der Waals surface area (Å²) in [5.41, 5.74) is -2.19. The van der Waals surface area contributed by atoms with Gasteiger partial charge in [-0.2, -0.15) is 32.2 Å². The van der Waals surface area contributed by atoms with E-state index in [1.54, 1.807) is 0 Å². The summed E-state index contributed by atoms with van der Waals surface area (Å²) < 4.78 is 65.1. The van der Waals surface area contributed by atoms with Gasteiger partial charge in [0.1, 0.15) is 22.0 Å². The van der Waals surface area contributed by atoms with Gasteiger partial charge < -0.3 is 30.6 Å². The van der Waals surface area contributed by atoms with Crippen LogP contribution in [0.1, 0.15) is 31.8 Å². The molecule has 57 heavy (non-hydrogen) atoms. The van der Waals surface area contributed by atoms with Crippen molar-refractivity contribution in [1.82, 2.24) is 0 Å². The number of hydrogen-bond acceptors (Lipinski definition) is 16. The number of rotatable bonds is 12. The standard InChI is InChI=1S/C33H24N6O14S2.2Cu/c40-18-3-7-24(28(41)12-18)36-34-22-5-1-16(10-20(22)32(44)45)9-17-2-6-23(21(11-17)33(46)47)35-38-26-14-27(30(43)15-29(26)42)39-37-25-8-4-19(54(48,49)50)13-31(25)55(51,52)53;;/h1-8,10-15,40-43H,9H2,(H,44,45)(H,46,47)(H,48,49,50)(H,51,52,53);;/q;2*+2/p-4. The van der Waals surface area contributed by atoms with E-state index in [1.165, 1.54) is 36.4 Å². The minimum Gasteiger partial charge on any atom is -0.872 e. The number of carbonyl (C=O) groups is 2. The maximum atomic E-state index is 12.5. The van der Waals surface area contributed by atoms with Crippen molar-refractivity contribution in [3.63, 3.8) is 0 Å². The Kier molecular flexibility index (Phi) is 14.5. The second-order valence-corrected chi connectivity index (χ2v) is 13.9. The quantitative estimate of drug-likeness (QED) is 0.0749. The van der Waals surface area contributed by atoms with Crippen molar-refractivity contribution < 1.29 is 100 Å². The zero-order valence-electron chi connectivity index (χ0n) is 27.8. The van der Waals surface area contributed by atoms with Crippen LogP contribution in [0, 0.1) is 0 Å². The Hall–Kier alpha value is -6.10. The summed E-state index contributed by atoms with van der Waals surface area (Å²) in [5, 5.41) is 90.0. The van der Waals surface area contributed by atoms with E-state index < -0.39 is 82.0 Å². The fourth-order valence-corrected chi connectivity index (χ4v) is 5.91. The first-order chi connectivity index (χ1) is 25.8. The van der Waals surface area contributed by atoms with Gasteiger partial charge in [0.05, 0.1) is 33.1 Å². The molecule has 0 unspecified atom stereocenters. The maximum absolute atomic E-state index is 12.5. The normalized spacial score (nSPS) is 11.8. The third-order valence-electron chi connectivity index (χ3n) is 7.27. The summed E-state index contributed by atoms with van der Waals surface area (Å²) in [6.45, 7) is 0. The summed E-state index contributed by atoms with van der Waals surface area (Å²) in [4.78, 5) is 22.1. The molecule has 0 heterocycles. The summed E-state index contributed by atoms with van der Waals surface area (Å²) in [6, 6.07) is 14.3. The molecule has 0 saturated heterocycles. The monoisotopic (exact) mass is 914 g/mol. The van der Waals surface area contributed by atoms with E-state index in [1.807, 2.05) is 0 Å². The van der Waals surface area contributed by atoms with Crippen LogP contribution in [0.25, 0.3) is 0 Å². The summed E-state index contributed by atoms with van der Waals surface area (Å²) in [5.74, 6) is -6.04. The first-order valence-corrected chi connectivity index (χ1v) is 17.7. The van der Waals surface area contributed by atoms with Crippen LogP contribution in [0.15, 0.2) is 125 Å². The van der Waals surface area contributed by atoms with E-state index in [4.69, 9.17) is 0 Å². The number of carboxylic acid groups (broad SMARTS) is 2. The number of azo groups is 3. The van der Waals surface area contributed by atoms with Gasteiger partial charge >= 0.3 is 46.1 Å². The van der Waals surface area contributed by atoms with E-state index in [9.17, 15) is 66.2 Å². The number of benzene rings is 5. The second kappa shape index (κ2) is 18.2. The molecule has 0 aliphatic rings. The molecule has 0 aliphatic heterocycles. The van der Waals surface area contributed by atoms with Crippen LogP contribution >= 0.6 is 0 Å². The van der Waals surface area contributed by atoms with Crippen molar-refractivity contribution in [1.29, 1.82) is 0 Å². The third kappa shape index (κ3) is 11.2. The first-order valence-electron chi connectivity index (χ1n) is 14.9. The molecule has 2 radical (unpaired) electrons. The van der Waals surface area contributed by atoms with E-state index in [0.29, 0.717) is 23.3 Å². The van der Waals surface area contributed by atoms with Crippen LogP contribution in [-0.4, -0.2) is 48.1 Å². The number of hydrogen-bond donors (Lipinski definition) is 4. The average Bonchev–Trinajstić information content (AvgIpc) is 3.10. The predicted octanol–water partition coefficient (Wildman–Crippen LogP) is 4.70. The molecule has 24 heteroatoms. The Morgan fingerprint density at radius 2 is 0.912 bits per heavy atom.